The highest BCUT2D eigenvalue weighted by Crippen LogP contribution is 2.15. The van der Waals surface area contributed by atoms with Crippen LogP contribution < -0.4 is 0 Å². The smallest absolute Gasteiger partial charge is 0.130 e. The lowest BCUT2D eigenvalue weighted by Gasteiger charge is -2.20. The maximum atomic E-state index is 13.5. The molecule has 0 spiro atoms. The van der Waals surface area contributed by atoms with E-state index in [4.69, 9.17) is 0 Å². The van der Waals surface area contributed by atoms with Gasteiger partial charge in [-0.15, -0.1) is 0 Å². The predicted molar refractivity (Wildman–Crippen MR) is 63.7 cm³/mol. The van der Waals surface area contributed by atoms with E-state index in [9.17, 15) is 8.78 Å². The first-order chi connectivity index (χ1) is 8.16. The molecular weight excluding hydrogens is 222 g/mol. The van der Waals surface area contributed by atoms with Crippen LogP contribution in [0.2, 0.25) is 0 Å². The highest BCUT2D eigenvalue weighted by atomic mass is 19.1. The van der Waals surface area contributed by atoms with Crippen molar-refractivity contribution in [3.8, 4) is 0 Å². The van der Waals surface area contributed by atoms with Crippen LogP contribution in [-0.2, 0) is 6.54 Å². The molecule has 2 nitrogen and oxygen atoms in total. The van der Waals surface area contributed by atoms with Crippen molar-refractivity contribution in [2.75, 3.05) is 33.2 Å². The van der Waals surface area contributed by atoms with Crippen LogP contribution in [-0.4, -0.2) is 43.0 Å². The number of nitrogens with zero attached hydrogens (tertiary/aromatic N) is 2. The molecule has 1 heterocycles. The largest absolute Gasteiger partial charge is 0.305 e. The number of hydrogen-bond acceptors (Lipinski definition) is 2. The van der Waals surface area contributed by atoms with Crippen LogP contribution in [0.25, 0.3) is 0 Å². The van der Waals surface area contributed by atoms with E-state index in [-0.39, 0.29) is 5.56 Å². The average Bonchev–Trinajstić information content (AvgIpc) is 2.49. The molecule has 2 rings (SSSR count). The van der Waals surface area contributed by atoms with E-state index in [1.165, 1.54) is 18.2 Å². The van der Waals surface area contributed by atoms with Gasteiger partial charge >= 0.3 is 0 Å². The fraction of sp³-hybridized carbons (Fsp3) is 0.538. The molecule has 17 heavy (non-hydrogen) atoms. The second kappa shape index (κ2) is 5.56. The number of hydrogen-bond donors (Lipinski definition) is 0. The minimum absolute atomic E-state index is 0.192. The van der Waals surface area contributed by atoms with E-state index < -0.39 is 11.6 Å². The van der Waals surface area contributed by atoms with Gasteiger partial charge in [-0.05, 0) is 38.7 Å². The van der Waals surface area contributed by atoms with E-state index in [0.29, 0.717) is 6.54 Å². The van der Waals surface area contributed by atoms with Crippen molar-refractivity contribution in [2.24, 2.45) is 0 Å². The second-order valence-corrected chi connectivity index (χ2v) is 4.63. The van der Waals surface area contributed by atoms with Gasteiger partial charge in [0, 0.05) is 25.2 Å². The first-order valence-corrected chi connectivity index (χ1v) is 6.00. The van der Waals surface area contributed by atoms with Crippen LogP contribution in [0.1, 0.15) is 12.0 Å². The Balaban J connectivity index is 2.05. The molecule has 1 saturated heterocycles. The summed E-state index contributed by atoms with van der Waals surface area (Å²) in [6.45, 7) is 4.14. The second-order valence-electron chi connectivity index (χ2n) is 4.63. The zero-order chi connectivity index (χ0) is 12.3. The number of halogens is 2. The molecule has 0 amide bonds. The summed E-state index contributed by atoms with van der Waals surface area (Å²) < 4.78 is 27.0. The zero-order valence-electron chi connectivity index (χ0n) is 10.1. The molecule has 0 N–H and O–H groups in total. The summed E-state index contributed by atoms with van der Waals surface area (Å²) in [5.41, 5.74) is 0.192. The molecule has 0 radical (unpaired) electrons. The van der Waals surface area contributed by atoms with Gasteiger partial charge in [-0.25, -0.2) is 8.78 Å². The van der Waals surface area contributed by atoms with Crippen LogP contribution >= 0.6 is 0 Å². The van der Waals surface area contributed by atoms with Gasteiger partial charge in [0.2, 0.25) is 0 Å². The monoisotopic (exact) mass is 240 g/mol. The van der Waals surface area contributed by atoms with Crippen molar-refractivity contribution < 1.29 is 8.78 Å². The third-order valence-electron chi connectivity index (χ3n) is 3.26. The molecule has 1 aliphatic rings. The lowest BCUT2D eigenvalue weighted by Crippen LogP contribution is -2.29. The maximum absolute atomic E-state index is 13.5. The Labute approximate surface area is 101 Å². The SMILES string of the molecule is CN1CCCN(Cc2c(F)cccc2F)CC1. The number of rotatable bonds is 2. The van der Waals surface area contributed by atoms with Crippen molar-refractivity contribution in [1.82, 2.24) is 9.80 Å². The van der Waals surface area contributed by atoms with Crippen molar-refractivity contribution in [3.05, 3.63) is 35.4 Å². The lowest BCUT2D eigenvalue weighted by molar-refractivity contribution is 0.262. The summed E-state index contributed by atoms with van der Waals surface area (Å²) in [5.74, 6) is -0.884. The molecule has 0 saturated carbocycles. The third kappa shape index (κ3) is 3.23. The highest BCUT2D eigenvalue weighted by Gasteiger charge is 2.16. The fourth-order valence-corrected chi connectivity index (χ4v) is 2.17. The fourth-order valence-electron chi connectivity index (χ4n) is 2.17. The molecule has 1 aliphatic heterocycles. The van der Waals surface area contributed by atoms with E-state index in [0.717, 1.165) is 32.6 Å². The predicted octanol–water partition coefficient (Wildman–Crippen LogP) is 2.10. The molecule has 1 fully saturated rings. The van der Waals surface area contributed by atoms with Crippen LogP contribution in [0.3, 0.4) is 0 Å². The lowest BCUT2D eigenvalue weighted by atomic mass is 10.2. The van der Waals surface area contributed by atoms with Crippen molar-refractivity contribution in [3.63, 3.8) is 0 Å². The van der Waals surface area contributed by atoms with Gasteiger partial charge in [0.25, 0.3) is 0 Å². The molecule has 0 unspecified atom stereocenters. The standard InChI is InChI=1S/C13H18F2N2/c1-16-6-3-7-17(9-8-16)10-11-12(14)4-2-5-13(11)15/h2,4-5H,3,6-10H2,1H3. The zero-order valence-corrected chi connectivity index (χ0v) is 10.1. The Kier molecular flexibility index (Phi) is 4.07. The molecule has 0 atom stereocenters. The first kappa shape index (κ1) is 12.5. The number of benzene rings is 1. The molecule has 4 heteroatoms. The minimum atomic E-state index is -0.442. The molecule has 1 aromatic rings. The van der Waals surface area contributed by atoms with Crippen molar-refractivity contribution >= 4 is 0 Å². The van der Waals surface area contributed by atoms with Crippen LogP contribution in [0.5, 0.6) is 0 Å². The van der Waals surface area contributed by atoms with Crippen molar-refractivity contribution in [2.45, 2.75) is 13.0 Å². The summed E-state index contributed by atoms with van der Waals surface area (Å²) >= 11 is 0. The van der Waals surface area contributed by atoms with Gasteiger partial charge in [-0.1, -0.05) is 6.07 Å². The maximum Gasteiger partial charge on any atom is 0.130 e. The average molecular weight is 240 g/mol. The molecule has 0 aromatic heterocycles. The van der Waals surface area contributed by atoms with Crippen LogP contribution in [0, 0.1) is 11.6 Å². The Morgan fingerprint density at radius 3 is 2.47 bits per heavy atom. The van der Waals surface area contributed by atoms with E-state index in [1.54, 1.807) is 0 Å². The van der Waals surface area contributed by atoms with Crippen LogP contribution in [0.15, 0.2) is 18.2 Å². The minimum Gasteiger partial charge on any atom is -0.305 e. The quantitative estimate of drug-likeness (QED) is 0.781. The summed E-state index contributed by atoms with van der Waals surface area (Å²) in [7, 11) is 2.08. The van der Waals surface area contributed by atoms with Gasteiger partial charge in [0.1, 0.15) is 11.6 Å². The molecular formula is C13H18F2N2. The van der Waals surface area contributed by atoms with E-state index >= 15 is 0 Å². The van der Waals surface area contributed by atoms with Crippen LogP contribution in [0.4, 0.5) is 8.78 Å². The number of likely N-dealkylation sites (N-methyl/N-ethyl adjacent to an activating group) is 1. The Bertz CT molecular complexity index is 361. The molecule has 0 bridgehead atoms. The molecule has 94 valence electrons. The van der Waals surface area contributed by atoms with E-state index in [1.807, 2.05) is 0 Å². The molecule has 0 aliphatic carbocycles. The summed E-state index contributed by atoms with van der Waals surface area (Å²) in [4.78, 5) is 4.36. The summed E-state index contributed by atoms with van der Waals surface area (Å²) in [5, 5.41) is 0. The van der Waals surface area contributed by atoms with Gasteiger partial charge in [0.05, 0.1) is 0 Å². The van der Waals surface area contributed by atoms with Gasteiger partial charge in [0.15, 0.2) is 0 Å². The summed E-state index contributed by atoms with van der Waals surface area (Å²) in [6.07, 6.45) is 1.05. The molecule has 1 aromatic carbocycles. The van der Waals surface area contributed by atoms with Gasteiger partial charge in [-0.2, -0.15) is 0 Å². The topological polar surface area (TPSA) is 6.48 Å². The Morgan fingerprint density at radius 1 is 1.06 bits per heavy atom. The first-order valence-electron chi connectivity index (χ1n) is 6.00. The van der Waals surface area contributed by atoms with Gasteiger partial charge in [-0.3, -0.25) is 4.90 Å². The van der Waals surface area contributed by atoms with Crippen molar-refractivity contribution in [1.29, 1.82) is 0 Å². The van der Waals surface area contributed by atoms with E-state index in [2.05, 4.69) is 16.8 Å². The summed E-state index contributed by atoms with van der Waals surface area (Å²) in [6, 6.07) is 4.05. The Morgan fingerprint density at radius 2 is 1.76 bits per heavy atom. The van der Waals surface area contributed by atoms with Gasteiger partial charge < -0.3 is 4.90 Å². The highest BCUT2D eigenvalue weighted by molar-refractivity contribution is 5.19. The normalized spacial score (nSPS) is 19.2. The third-order valence-corrected chi connectivity index (χ3v) is 3.26. The Hall–Kier alpha value is -1.00.